The zero-order valence-electron chi connectivity index (χ0n) is 14.1. The minimum Gasteiger partial charge on any atom is -0.493 e. The molecule has 0 atom stereocenters. The number of ether oxygens (including phenoxy) is 2. The van der Waals surface area contributed by atoms with Crippen LogP contribution in [0, 0.1) is 0 Å². The molecule has 1 aromatic carbocycles. The Bertz CT molecular complexity index is 675. The first kappa shape index (κ1) is 18.6. The molecule has 0 saturated carbocycles. The van der Waals surface area contributed by atoms with Crippen LogP contribution in [-0.4, -0.2) is 26.7 Å². The van der Waals surface area contributed by atoms with Gasteiger partial charge in [0.2, 0.25) is 0 Å². The van der Waals surface area contributed by atoms with E-state index >= 15 is 0 Å². The smallest absolute Gasteiger partial charge is 0.191 e. The molecular formula is C17H22BrN3O2S. The van der Waals surface area contributed by atoms with Crippen LogP contribution in [0.1, 0.15) is 18.1 Å². The number of halogens is 1. The van der Waals surface area contributed by atoms with Gasteiger partial charge in [0.05, 0.1) is 20.8 Å². The number of nitrogens with one attached hydrogen (secondary N) is 2. The highest BCUT2D eigenvalue weighted by Crippen LogP contribution is 2.33. The number of thiophene rings is 1. The van der Waals surface area contributed by atoms with Gasteiger partial charge in [0.15, 0.2) is 17.5 Å². The summed E-state index contributed by atoms with van der Waals surface area (Å²) >= 11 is 5.26. The number of hydrogen-bond donors (Lipinski definition) is 2. The molecule has 7 heteroatoms. The Balaban J connectivity index is 2.07. The van der Waals surface area contributed by atoms with Crippen molar-refractivity contribution in [2.45, 2.75) is 20.0 Å². The summed E-state index contributed by atoms with van der Waals surface area (Å²) in [6.45, 7) is 4.14. The molecule has 0 radical (unpaired) electrons. The van der Waals surface area contributed by atoms with Gasteiger partial charge in [-0.05, 0) is 47.0 Å². The van der Waals surface area contributed by atoms with Gasteiger partial charge in [-0.15, -0.1) is 0 Å². The van der Waals surface area contributed by atoms with Crippen molar-refractivity contribution >= 4 is 33.2 Å². The summed E-state index contributed by atoms with van der Waals surface area (Å²) in [7, 11) is 3.26. The Kier molecular flexibility index (Phi) is 7.39. The minimum atomic E-state index is 0.621. The van der Waals surface area contributed by atoms with Gasteiger partial charge in [0.25, 0.3) is 0 Å². The molecule has 0 aliphatic carbocycles. The first-order valence-electron chi connectivity index (χ1n) is 7.61. The molecule has 2 N–H and O–H groups in total. The number of benzene rings is 1. The third-order valence-electron chi connectivity index (χ3n) is 3.34. The van der Waals surface area contributed by atoms with E-state index in [9.17, 15) is 0 Å². The fourth-order valence-corrected chi connectivity index (χ4v) is 3.23. The van der Waals surface area contributed by atoms with Gasteiger partial charge in [-0.3, -0.25) is 0 Å². The van der Waals surface area contributed by atoms with Crippen LogP contribution in [0.2, 0.25) is 0 Å². The third-order valence-corrected chi connectivity index (χ3v) is 4.81. The molecule has 2 rings (SSSR count). The molecule has 0 unspecified atom stereocenters. The van der Waals surface area contributed by atoms with Crippen molar-refractivity contribution in [1.29, 1.82) is 0 Å². The van der Waals surface area contributed by atoms with E-state index in [0.717, 1.165) is 22.5 Å². The maximum absolute atomic E-state index is 5.36. The van der Waals surface area contributed by atoms with Crippen LogP contribution in [0.5, 0.6) is 11.5 Å². The summed E-state index contributed by atoms with van der Waals surface area (Å²) in [4.78, 5) is 4.61. The van der Waals surface area contributed by atoms with Crippen LogP contribution < -0.4 is 20.1 Å². The average Bonchev–Trinajstić information content (AvgIpc) is 3.11. The largest absolute Gasteiger partial charge is 0.493 e. The lowest BCUT2D eigenvalue weighted by Gasteiger charge is -2.14. The lowest BCUT2D eigenvalue weighted by atomic mass is 10.2. The molecule has 1 heterocycles. The van der Waals surface area contributed by atoms with E-state index in [-0.39, 0.29) is 0 Å². The monoisotopic (exact) mass is 411 g/mol. The lowest BCUT2D eigenvalue weighted by molar-refractivity contribution is 0.354. The van der Waals surface area contributed by atoms with Crippen molar-refractivity contribution in [2.75, 3.05) is 20.8 Å². The van der Waals surface area contributed by atoms with Gasteiger partial charge < -0.3 is 20.1 Å². The zero-order chi connectivity index (χ0) is 17.4. The second kappa shape index (κ2) is 9.54. The fraction of sp³-hybridized carbons (Fsp3) is 0.353. The van der Waals surface area contributed by atoms with E-state index in [1.54, 1.807) is 25.6 Å². The summed E-state index contributed by atoms with van der Waals surface area (Å²) in [6, 6.07) is 5.95. The molecular weight excluding hydrogens is 390 g/mol. The number of nitrogens with zero attached hydrogens (tertiary/aromatic N) is 1. The molecule has 130 valence electrons. The van der Waals surface area contributed by atoms with Crippen molar-refractivity contribution in [1.82, 2.24) is 10.6 Å². The normalized spacial score (nSPS) is 11.2. The summed E-state index contributed by atoms with van der Waals surface area (Å²) in [5.74, 6) is 2.19. The SMILES string of the molecule is CCNC(=NCc1ccsc1)NCc1cc(OC)c(OC)cc1Br. The third kappa shape index (κ3) is 5.14. The summed E-state index contributed by atoms with van der Waals surface area (Å²) in [5, 5.41) is 10.8. The molecule has 2 aromatic rings. The van der Waals surface area contributed by atoms with Crippen LogP contribution in [0.15, 0.2) is 38.4 Å². The number of hydrogen-bond acceptors (Lipinski definition) is 4. The van der Waals surface area contributed by atoms with Gasteiger partial charge in [0.1, 0.15) is 0 Å². The highest BCUT2D eigenvalue weighted by Gasteiger charge is 2.10. The van der Waals surface area contributed by atoms with E-state index in [1.165, 1.54) is 5.56 Å². The Labute approximate surface area is 155 Å². The van der Waals surface area contributed by atoms with Crippen molar-refractivity contribution in [3.8, 4) is 11.5 Å². The molecule has 0 aliphatic rings. The molecule has 1 aromatic heterocycles. The number of rotatable bonds is 7. The van der Waals surface area contributed by atoms with E-state index in [0.29, 0.717) is 24.6 Å². The predicted octanol–water partition coefficient (Wildman–Crippen LogP) is 3.78. The Morgan fingerprint density at radius 1 is 1.21 bits per heavy atom. The van der Waals surface area contributed by atoms with Crippen LogP contribution in [0.4, 0.5) is 0 Å². The standard InChI is InChI=1S/C17H22BrN3O2S/c1-4-19-17(20-9-12-5-6-24-11-12)21-10-13-7-15(22-2)16(23-3)8-14(13)18/h5-8,11H,4,9-10H2,1-3H3,(H2,19,20,21). The minimum absolute atomic E-state index is 0.621. The van der Waals surface area contributed by atoms with Gasteiger partial charge in [0, 0.05) is 17.6 Å². The Hall–Kier alpha value is -1.73. The molecule has 0 saturated heterocycles. The van der Waals surface area contributed by atoms with Crippen LogP contribution in [0.25, 0.3) is 0 Å². The molecule has 0 fully saturated rings. The Morgan fingerprint density at radius 2 is 1.96 bits per heavy atom. The fourth-order valence-electron chi connectivity index (χ4n) is 2.11. The Morgan fingerprint density at radius 3 is 2.58 bits per heavy atom. The van der Waals surface area contributed by atoms with Gasteiger partial charge in [-0.2, -0.15) is 11.3 Å². The van der Waals surface area contributed by atoms with Crippen LogP contribution in [-0.2, 0) is 13.1 Å². The van der Waals surface area contributed by atoms with Crippen molar-refractivity contribution in [3.05, 3.63) is 44.6 Å². The maximum atomic E-state index is 5.36. The van der Waals surface area contributed by atoms with E-state index in [1.807, 2.05) is 19.1 Å². The van der Waals surface area contributed by atoms with Crippen molar-refractivity contribution in [2.24, 2.45) is 4.99 Å². The molecule has 24 heavy (non-hydrogen) atoms. The zero-order valence-corrected chi connectivity index (χ0v) is 16.5. The predicted molar refractivity (Wildman–Crippen MR) is 103 cm³/mol. The van der Waals surface area contributed by atoms with E-state index < -0.39 is 0 Å². The average molecular weight is 412 g/mol. The van der Waals surface area contributed by atoms with E-state index in [4.69, 9.17) is 9.47 Å². The van der Waals surface area contributed by atoms with Crippen LogP contribution >= 0.6 is 27.3 Å². The molecule has 0 aliphatic heterocycles. The first-order valence-corrected chi connectivity index (χ1v) is 9.35. The molecule has 0 spiro atoms. The second-order valence-electron chi connectivity index (χ2n) is 4.98. The molecule has 0 bridgehead atoms. The van der Waals surface area contributed by atoms with Gasteiger partial charge in [-0.25, -0.2) is 4.99 Å². The van der Waals surface area contributed by atoms with Gasteiger partial charge in [-0.1, -0.05) is 15.9 Å². The highest BCUT2D eigenvalue weighted by atomic mass is 79.9. The first-order chi connectivity index (χ1) is 11.7. The number of methoxy groups -OCH3 is 2. The lowest BCUT2D eigenvalue weighted by Crippen LogP contribution is -2.36. The highest BCUT2D eigenvalue weighted by molar-refractivity contribution is 9.10. The van der Waals surface area contributed by atoms with Gasteiger partial charge >= 0.3 is 0 Å². The second-order valence-corrected chi connectivity index (χ2v) is 6.61. The number of aliphatic imine (C=N–C) groups is 1. The van der Waals surface area contributed by atoms with Crippen LogP contribution in [0.3, 0.4) is 0 Å². The number of guanidine groups is 1. The van der Waals surface area contributed by atoms with E-state index in [2.05, 4.69) is 48.4 Å². The maximum Gasteiger partial charge on any atom is 0.191 e. The molecule has 0 amide bonds. The summed E-state index contributed by atoms with van der Waals surface area (Å²) < 4.78 is 11.6. The quantitative estimate of drug-likeness (QED) is 0.537. The van der Waals surface area contributed by atoms with Crippen molar-refractivity contribution < 1.29 is 9.47 Å². The summed E-state index contributed by atoms with van der Waals surface area (Å²) in [5.41, 5.74) is 2.28. The topological polar surface area (TPSA) is 54.9 Å². The molecule has 5 nitrogen and oxygen atoms in total. The summed E-state index contributed by atoms with van der Waals surface area (Å²) in [6.07, 6.45) is 0. The van der Waals surface area contributed by atoms with Crippen molar-refractivity contribution in [3.63, 3.8) is 0 Å².